The second kappa shape index (κ2) is 9.39. The molecule has 0 saturated carbocycles. The van der Waals surface area contributed by atoms with Gasteiger partial charge in [-0.15, -0.1) is 24.8 Å². The first-order valence-electron chi connectivity index (χ1n) is 6.24. The van der Waals surface area contributed by atoms with Crippen molar-refractivity contribution in [3.63, 3.8) is 0 Å². The van der Waals surface area contributed by atoms with Crippen molar-refractivity contribution >= 4 is 36.4 Å². The number of carbonyl (C=O) groups excluding carboxylic acids is 1. The van der Waals surface area contributed by atoms with E-state index in [0.29, 0.717) is 0 Å². The van der Waals surface area contributed by atoms with Crippen molar-refractivity contribution < 1.29 is 4.79 Å². The molecule has 1 atom stereocenters. The van der Waals surface area contributed by atoms with E-state index in [-0.39, 0.29) is 36.8 Å². The Morgan fingerprint density at radius 3 is 2.71 bits per heavy atom. The Hall–Kier alpha value is -1.56. The molecule has 7 heteroatoms. The summed E-state index contributed by atoms with van der Waals surface area (Å²) in [6.07, 6.45) is 3.44. The van der Waals surface area contributed by atoms with Crippen molar-refractivity contribution in [2.75, 3.05) is 12.4 Å². The van der Waals surface area contributed by atoms with Crippen molar-refractivity contribution in [1.82, 2.24) is 15.1 Å². The molecule has 2 aromatic rings. The fraction of sp³-hybridized carbons (Fsp3) is 0.286. The van der Waals surface area contributed by atoms with Crippen molar-refractivity contribution in [1.29, 1.82) is 0 Å². The molecular weight excluding hydrogens is 311 g/mol. The maximum atomic E-state index is 12.1. The first-order valence-corrected chi connectivity index (χ1v) is 6.24. The van der Waals surface area contributed by atoms with Crippen LogP contribution in [0.15, 0.2) is 42.7 Å². The highest BCUT2D eigenvalue weighted by atomic mass is 35.5. The minimum absolute atomic E-state index is 0. The standard InChI is InChI=1S/C14H18N4O.2ClH/c1-11(18-8-4-7-16-18)14(19)17-13-6-3-5-12(9-13)10-15-2;;/h3-9,11,15H,10H2,1-2H3,(H,17,19);2*1H. The number of hydrogen-bond donors (Lipinski definition) is 2. The van der Waals surface area contributed by atoms with Crippen LogP contribution in [0.5, 0.6) is 0 Å². The molecule has 0 spiro atoms. The zero-order valence-corrected chi connectivity index (χ0v) is 13.6. The molecule has 0 aliphatic carbocycles. The molecule has 1 aromatic carbocycles. The molecule has 0 saturated heterocycles. The zero-order chi connectivity index (χ0) is 13.7. The molecule has 1 unspecified atom stereocenters. The van der Waals surface area contributed by atoms with Crippen LogP contribution in [0.25, 0.3) is 0 Å². The van der Waals surface area contributed by atoms with E-state index in [1.807, 2.05) is 38.2 Å². The minimum atomic E-state index is -0.331. The molecule has 0 aliphatic heterocycles. The lowest BCUT2D eigenvalue weighted by molar-refractivity contribution is -0.119. The average Bonchev–Trinajstić information content (AvgIpc) is 2.92. The van der Waals surface area contributed by atoms with Crippen LogP contribution in [0.4, 0.5) is 5.69 Å². The molecule has 2 N–H and O–H groups in total. The second-order valence-corrected chi connectivity index (χ2v) is 4.38. The SMILES string of the molecule is CNCc1cccc(NC(=O)C(C)n2cccn2)c1.Cl.Cl. The van der Waals surface area contributed by atoms with Crippen LogP contribution < -0.4 is 10.6 Å². The molecule has 0 fully saturated rings. The minimum Gasteiger partial charge on any atom is -0.324 e. The summed E-state index contributed by atoms with van der Waals surface area (Å²) in [6.45, 7) is 2.60. The Bertz CT molecular complexity index is 546. The fourth-order valence-electron chi connectivity index (χ4n) is 1.84. The third-order valence-electron chi connectivity index (χ3n) is 2.88. The van der Waals surface area contributed by atoms with Gasteiger partial charge in [0.2, 0.25) is 5.91 Å². The lowest BCUT2D eigenvalue weighted by atomic mass is 10.2. The summed E-state index contributed by atoms with van der Waals surface area (Å²) in [4.78, 5) is 12.1. The van der Waals surface area contributed by atoms with E-state index in [2.05, 4.69) is 15.7 Å². The Morgan fingerprint density at radius 2 is 2.10 bits per heavy atom. The van der Waals surface area contributed by atoms with Gasteiger partial charge in [0.1, 0.15) is 6.04 Å². The number of aromatic nitrogens is 2. The number of halogens is 2. The van der Waals surface area contributed by atoms with E-state index in [4.69, 9.17) is 0 Å². The van der Waals surface area contributed by atoms with Gasteiger partial charge in [-0.05, 0) is 37.7 Å². The van der Waals surface area contributed by atoms with E-state index < -0.39 is 0 Å². The molecule has 21 heavy (non-hydrogen) atoms. The molecular formula is C14H20Cl2N4O. The smallest absolute Gasteiger partial charge is 0.248 e. The predicted octanol–water partition coefficient (Wildman–Crippen LogP) is 2.65. The van der Waals surface area contributed by atoms with E-state index in [1.54, 1.807) is 23.1 Å². The lowest BCUT2D eigenvalue weighted by Crippen LogP contribution is -2.24. The summed E-state index contributed by atoms with van der Waals surface area (Å²) in [5.74, 6) is -0.0784. The summed E-state index contributed by atoms with van der Waals surface area (Å²) in [6, 6.07) is 9.26. The highest BCUT2D eigenvalue weighted by molar-refractivity contribution is 5.93. The Balaban J connectivity index is 0.00000200. The van der Waals surface area contributed by atoms with Crippen LogP contribution in [-0.2, 0) is 11.3 Å². The summed E-state index contributed by atoms with van der Waals surface area (Å²) >= 11 is 0. The summed E-state index contributed by atoms with van der Waals surface area (Å²) < 4.78 is 1.63. The van der Waals surface area contributed by atoms with Crippen LogP contribution >= 0.6 is 24.8 Å². The van der Waals surface area contributed by atoms with Gasteiger partial charge in [0, 0.05) is 24.6 Å². The van der Waals surface area contributed by atoms with Gasteiger partial charge in [0.25, 0.3) is 0 Å². The second-order valence-electron chi connectivity index (χ2n) is 4.38. The van der Waals surface area contributed by atoms with Crippen molar-refractivity contribution in [2.24, 2.45) is 0 Å². The van der Waals surface area contributed by atoms with Crippen LogP contribution in [-0.4, -0.2) is 22.7 Å². The molecule has 5 nitrogen and oxygen atoms in total. The number of nitrogens with zero attached hydrogens (tertiary/aromatic N) is 2. The third-order valence-corrected chi connectivity index (χ3v) is 2.88. The third kappa shape index (κ3) is 5.38. The van der Waals surface area contributed by atoms with Gasteiger partial charge in [0.05, 0.1) is 0 Å². The average molecular weight is 331 g/mol. The van der Waals surface area contributed by atoms with Crippen molar-refractivity contribution in [2.45, 2.75) is 19.5 Å². The van der Waals surface area contributed by atoms with Crippen LogP contribution in [0.2, 0.25) is 0 Å². The first kappa shape index (κ1) is 19.4. The maximum absolute atomic E-state index is 12.1. The van der Waals surface area contributed by atoms with Crippen molar-refractivity contribution in [3.05, 3.63) is 48.3 Å². The van der Waals surface area contributed by atoms with E-state index in [1.165, 1.54) is 0 Å². The van der Waals surface area contributed by atoms with E-state index >= 15 is 0 Å². The molecule has 0 aliphatic rings. The number of nitrogens with one attached hydrogen (secondary N) is 2. The quantitative estimate of drug-likeness (QED) is 0.886. The highest BCUT2D eigenvalue weighted by Gasteiger charge is 2.14. The van der Waals surface area contributed by atoms with Gasteiger partial charge in [-0.3, -0.25) is 9.48 Å². The molecule has 0 radical (unpaired) electrons. The molecule has 1 aromatic heterocycles. The summed E-state index contributed by atoms with van der Waals surface area (Å²) in [5.41, 5.74) is 1.93. The van der Waals surface area contributed by atoms with Gasteiger partial charge < -0.3 is 10.6 Å². The molecule has 116 valence electrons. The van der Waals surface area contributed by atoms with Gasteiger partial charge in [-0.2, -0.15) is 5.10 Å². The molecule has 2 rings (SSSR count). The molecule has 0 bridgehead atoms. The number of hydrogen-bond acceptors (Lipinski definition) is 3. The molecule has 1 heterocycles. The van der Waals surface area contributed by atoms with Crippen LogP contribution in [0.3, 0.4) is 0 Å². The number of carbonyl (C=O) groups is 1. The van der Waals surface area contributed by atoms with Gasteiger partial charge in [-0.1, -0.05) is 12.1 Å². The Morgan fingerprint density at radius 1 is 1.33 bits per heavy atom. The van der Waals surface area contributed by atoms with Crippen LogP contribution in [0.1, 0.15) is 18.5 Å². The number of rotatable bonds is 5. The first-order chi connectivity index (χ1) is 9.20. The van der Waals surface area contributed by atoms with E-state index in [0.717, 1.165) is 17.8 Å². The molecule has 1 amide bonds. The van der Waals surface area contributed by atoms with Crippen LogP contribution in [0, 0.1) is 0 Å². The Kier molecular flexibility index (Phi) is 8.69. The lowest BCUT2D eigenvalue weighted by Gasteiger charge is -2.13. The van der Waals surface area contributed by atoms with Gasteiger partial charge in [0.15, 0.2) is 0 Å². The maximum Gasteiger partial charge on any atom is 0.248 e. The number of anilines is 1. The highest BCUT2D eigenvalue weighted by Crippen LogP contribution is 2.13. The number of benzene rings is 1. The Labute approximate surface area is 136 Å². The van der Waals surface area contributed by atoms with Gasteiger partial charge in [-0.25, -0.2) is 0 Å². The van der Waals surface area contributed by atoms with Gasteiger partial charge >= 0.3 is 0 Å². The largest absolute Gasteiger partial charge is 0.324 e. The summed E-state index contributed by atoms with van der Waals surface area (Å²) in [7, 11) is 1.89. The predicted molar refractivity (Wildman–Crippen MR) is 89.3 cm³/mol. The normalized spacial score (nSPS) is 11.0. The van der Waals surface area contributed by atoms with Crippen molar-refractivity contribution in [3.8, 4) is 0 Å². The zero-order valence-electron chi connectivity index (χ0n) is 11.9. The topological polar surface area (TPSA) is 58.9 Å². The number of amides is 1. The monoisotopic (exact) mass is 330 g/mol. The summed E-state index contributed by atoms with van der Waals surface area (Å²) in [5, 5.41) is 10.1. The fourth-order valence-corrected chi connectivity index (χ4v) is 1.84. The van der Waals surface area contributed by atoms with E-state index in [9.17, 15) is 4.79 Å².